The summed E-state index contributed by atoms with van der Waals surface area (Å²) in [6.07, 6.45) is 1.11. The van der Waals surface area contributed by atoms with Gasteiger partial charge in [-0.1, -0.05) is 48.5 Å². The van der Waals surface area contributed by atoms with Crippen LogP contribution in [0.1, 0.15) is 23.1 Å². The fourth-order valence-corrected chi connectivity index (χ4v) is 4.06. The smallest absolute Gasteiger partial charge is 0.324 e. The first-order valence-electron chi connectivity index (χ1n) is 11.2. The van der Waals surface area contributed by atoms with E-state index in [9.17, 15) is 9.59 Å². The molecule has 1 fully saturated rings. The Morgan fingerprint density at radius 3 is 2.45 bits per heavy atom. The third kappa shape index (κ3) is 5.52. The number of rotatable bonds is 7. The van der Waals surface area contributed by atoms with Crippen LogP contribution in [0.3, 0.4) is 0 Å². The van der Waals surface area contributed by atoms with Crippen molar-refractivity contribution in [2.75, 3.05) is 30.4 Å². The summed E-state index contributed by atoms with van der Waals surface area (Å²) in [7, 11) is 1.61. The molecule has 6 nitrogen and oxygen atoms in total. The van der Waals surface area contributed by atoms with Crippen LogP contribution in [0.2, 0.25) is 0 Å². The number of carbonyl (C=O) groups excluding carboxylic acids is 2. The largest absolute Gasteiger partial charge is 0.497 e. The molecule has 4 rings (SSSR count). The van der Waals surface area contributed by atoms with E-state index in [1.54, 1.807) is 12.0 Å². The van der Waals surface area contributed by atoms with Gasteiger partial charge in [0, 0.05) is 19.6 Å². The number of carbonyl (C=O) groups is 2. The van der Waals surface area contributed by atoms with E-state index in [2.05, 4.69) is 5.32 Å². The van der Waals surface area contributed by atoms with Gasteiger partial charge in [0.05, 0.1) is 24.9 Å². The van der Waals surface area contributed by atoms with Crippen LogP contribution in [0.25, 0.3) is 0 Å². The standard InChI is InChI=1S/C27H29N3O3/c1-20-9-14-25(24(17-20)28-26(31)18-21-10-12-23(33-2)13-11-21)30-16-6-15-29(27(30)32)19-22-7-4-3-5-8-22/h3-5,7-14,17H,6,15-16,18-19H2,1-2H3,(H,28,31). The fraction of sp³-hybridized carbons (Fsp3) is 0.259. The molecule has 33 heavy (non-hydrogen) atoms. The number of aryl methyl sites for hydroxylation is 1. The second-order valence-electron chi connectivity index (χ2n) is 8.29. The fourth-order valence-electron chi connectivity index (χ4n) is 4.06. The number of methoxy groups -OCH3 is 1. The maximum atomic E-state index is 13.3. The molecule has 0 atom stereocenters. The first kappa shape index (κ1) is 22.4. The summed E-state index contributed by atoms with van der Waals surface area (Å²) in [6.45, 7) is 3.88. The highest BCUT2D eigenvalue weighted by atomic mass is 16.5. The van der Waals surface area contributed by atoms with Crippen molar-refractivity contribution in [1.82, 2.24) is 4.90 Å². The molecule has 1 aliphatic rings. The van der Waals surface area contributed by atoms with Crippen LogP contribution in [-0.2, 0) is 17.8 Å². The lowest BCUT2D eigenvalue weighted by Crippen LogP contribution is -2.49. The summed E-state index contributed by atoms with van der Waals surface area (Å²) in [5.74, 6) is 0.626. The minimum absolute atomic E-state index is 0.0420. The van der Waals surface area contributed by atoms with Gasteiger partial charge in [0.2, 0.25) is 5.91 Å². The molecule has 0 saturated carbocycles. The number of benzene rings is 3. The van der Waals surface area contributed by atoms with Crippen LogP contribution in [0.5, 0.6) is 5.75 Å². The van der Waals surface area contributed by atoms with Gasteiger partial charge < -0.3 is 15.0 Å². The number of urea groups is 1. The van der Waals surface area contributed by atoms with Crippen LogP contribution in [-0.4, -0.2) is 37.0 Å². The lowest BCUT2D eigenvalue weighted by atomic mass is 10.1. The van der Waals surface area contributed by atoms with Gasteiger partial charge in [-0.25, -0.2) is 4.79 Å². The number of nitrogens with one attached hydrogen (secondary N) is 1. The van der Waals surface area contributed by atoms with Gasteiger partial charge in [-0.05, 0) is 54.3 Å². The third-order valence-electron chi connectivity index (χ3n) is 5.77. The van der Waals surface area contributed by atoms with Crippen molar-refractivity contribution in [2.24, 2.45) is 0 Å². The summed E-state index contributed by atoms with van der Waals surface area (Å²) in [5, 5.41) is 3.03. The van der Waals surface area contributed by atoms with Crippen LogP contribution in [0, 0.1) is 6.92 Å². The number of amides is 3. The lowest BCUT2D eigenvalue weighted by molar-refractivity contribution is -0.115. The van der Waals surface area contributed by atoms with E-state index in [0.717, 1.165) is 41.1 Å². The highest BCUT2D eigenvalue weighted by Gasteiger charge is 2.28. The van der Waals surface area contributed by atoms with E-state index >= 15 is 0 Å². The highest BCUT2D eigenvalue weighted by Crippen LogP contribution is 2.30. The van der Waals surface area contributed by atoms with Crippen LogP contribution >= 0.6 is 0 Å². The molecule has 0 aliphatic carbocycles. The van der Waals surface area contributed by atoms with E-state index in [1.807, 2.05) is 84.6 Å². The number of hydrogen-bond donors (Lipinski definition) is 1. The molecule has 3 aromatic carbocycles. The average Bonchev–Trinajstić information content (AvgIpc) is 2.82. The average molecular weight is 444 g/mol. The van der Waals surface area contributed by atoms with Crippen molar-refractivity contribution in [3.05, 3.63) is 89.5 Å². The number of anilines is 2. The Hall–Kier alpha value is -3.80. The SMILES string of the molecule is COc1ccc(CC(=O)Nc2cc(C)ccc2N2CCCN(Cc3ccccc3)C2=O)cc1. The zero-order valence-electron chi connectivity index (χ0n) is 19.1. The molecule has 3 aromatic rings. The molecule has 0 unspecified atom stereocenters. The van der Waals surface area contributed by atoms with Gasteiger partial charge in [0.1, 0.15) is 5.75 Å². The highest BCUT2D eigenvalue weighted by molar-refractivity contribution is 6.01. The van der Waals surface area contributed by atoms with Crippen molar-refractivity contribution >= 4 is 23.3 Å². The Morgan fingerprint density at radius 1 is 0.970 bits per heavy atom. The van der Waals surface area contributed by atoms with Crippen LogP contribution in [0.4, 0.5) is 16.2 Å². The Labute approximate surface area is 194 Å². The summed E-state index contributed by atoms with van der Waals surface area (Å²) in [5.41, 5.74) is 4.40. The summed E-state index contributed by atoms with van der Waals surface area (Å²) >= 11 is 0. The molecular formula is C27H29N3O3. The molecule has 0 aromatic heterocycles. The Morgan fingerprint density at radius 2 is 1.73 bits per heavy atom. The molecule has 0 bridgehead atoms. The zero-order chi connectivity index (χ0) is 23.2. The Bertz CT molecular complexity index is 1110. The minimum Gasteiger partial charge on any atom is -0.497 e. The first-order chi connectivity index (χ1) is 16.0. The molecule has 1 heterocycles. The summed E-state index contributed by atoms with van der Waals surface area (Å²) < 4.78 is 5.18. The number of nitrogens with zero attached hydrogens (tertiary/aromatic N) is 2. The molecule has 170 valence electrons. The van der Waals surface area contributed by atoms with Crippen molar-refractivity contribution in [2.45, 2.75) is 26.3 Å². The van der Waals surface area contributed by atoms with E-state index < -0.39 is 0 Å². The molecule has 0 spiro atoms. The molecule has 1 aliphatic heterocycles. The maximum absolute atomic E-state index is 13.3. The van der Waals surface area contributed by atoms with Gasteiger partial charge in [-0.2, -0.15) is 0 Å². The molecule has 1 saturated heterocycles. The number of ether oxygens (including phenoxy) is 1. The van der Waals surface area contributed by atoms with Gasteiger partial charge in [-0.15, -0.1) is 0 Å². The molecular weight excluding hydrogens is 414 g/mol. The van der Waals surface area contributed by atoms with Crippen molar-refractivity contribution in [1.29, 1.82) is 0 Å². The molecule has 0 radical (unpaired) electrons. The van der Waals surface area contributed by atoms with Gasteiger partial charge in [-0.3, -0.25) is 9.69 Å². The predicted octanol–water partition coefficient (Wildman–Crippen LogP) is 5.02. The maximum Gasteiger partial charge on any atom is 0.324 e. The van der Waals surface area contributed by atoms with E-state index in [4.69, 9.17) is 4.74 Å². The Kier molecular flexibility index (Phi) is 6.93. The first-order valence-corrected chi connectivity index (χ1v) is 11.2. The van der Waals surface area contributed by atoms with Crippen LogP contribution < -0.4 is 15.0 Å². The van der Waals surface area contributed by atoms with Crippen LogP contribution in [0.15, 0.2) is 72.8 Å². The summed E-state index contributed by atoms with van der Waals surface area (Å²) in [6, 6.07) is 23.2. The van der Waals surface area contributed by atoms with Gasteiger partial charge >= 0.3 is 6.03 Å². The van der Waals surface area contributed by atoms with Crippen molar-refractivity contribution < 1.29 is 14.3 Å². The van der Waals surface area contributed by atoms with Crippen molar-refractivity contribution in [3.63, 3.8) is 0 Å². The topological polar surface area (TPSA) is 61.9 Å². The summed E-state index contributed by atoms with van der Waals surface area (Å²) in [4.78, 5) is 29.8. The lowest BCUT2D eigenvalue weighted by Gasteiger charge is -2.36. The molecule has 1 N–H and O–H groups in total. The normalized spacial score (nSPS) is 13.7. The molecule has 3 amide bonds. The third-order valence-corrected chi connectivity index (χ3v) is 5.77. The zero-order valence-corrected chi connectivity index (χ0v) is 19.1. The molecule has 6 heteroatoms. The van der Waals surface area contributed by atoms with Gasteiger partial charge in [0.15, 0.2) is 0 Å². The second kappa shape index (κ2) is 10.2. The second-order valence-corrected chi connectivity index (χ2v) is 8.29. The van der Waals surface area contributed by atoms with E-state index in [0.29, 0.717) is 18.8 Å². The Balaban J connectivity index is 1.50. The van der Waals surface area contributed by atoms with Gasteiger partial charge in [0.25, 0.3) is 0 Å². The quantitative estimate of drug-likeness (QED) is 0.558. The van der Waals surface area contributed by atoms with Crippen molar-refractivity contribution in [3.8, 4) is 5.75 Å². The number of hydrogen-bond acceptors (Lipinski definition) is 3. The monoisotopic (exact) mass is 443 g/mol. The minimum atomic E-state index is -0.127. The predicted molar refractivity (Wildman–Crippen MR) is 131 cm³/mol. The van der Waals surface area contributed by atoms with E-state index in [1.165, 1.54) is 0 Å². The van der Waals surface area contributed by atoms with E-state index in [-0.39, 0.29) is 18.4 Å².